The topological polar surface area (TPSA) is 43.8 Å². The highest BCUT2D eigenvalue weighted by Crippen LogP contribution is 2.18. The van der Waals surface area contributed by atoms with Crippen LogP contribution in [0.5, 0.6) is 0 Å². The van der Waals surface area contributed by atoms with E-state index < -0.39 is 0 Å². The Morgan fingerprint density at radius 1 is 1.54 bits per heavy atom. The zero-order chi connectivity index (χ0) is 9.84. The normalized spacial score (nSPS) is 13.2. The predicted molar refractivity (Wildman–Crippen MR) is 54.7 cm³/mol. The third-order valence-electron chi connectivity index (χ3n) is 2.65. The average Bonchev–Trinajstić information content (AvgIpc) is 2.45. The minimum atomic E-state index is 0.520. The van der Waals surface area contributed by atoms with Crippen molar-refractivity contribution in [3.8, 4) is 0 Å². The summed E-state index contributed by atoms with van der Waals surface area (Å²) in [5.41, 5.74) is 7.95. The predicted octanol–water partition coefficient (Wildman–Crippen LogP) is 1.80. The van der Waals surface area contributed by atoms with E-state index in [1.165, 1.54) is 5.69 Å². The van der Waals surface area contributed by atoms with E-state index in [0.717, 1.165) is 25.1 Å². The van der Waals surface area contributed by atoms with Gasteiger partial charge in [0.25, 0.3) is 0 Å². The van der Waals surface area contributed by atoms with Gasteiger partial charge in [-0.05, 0) is 33.2 Å². The number of rotatable bonds is 4. The summed E-state index contributed by atoms with van der Waals surface area (Å²) in [5.74, 6) is 0. The van der Waals surface area contributed by atoms with E-state index in [9.17, 15) is 0 Å². The van der Waals surface area contributed by atoms with Crippen LogP contribution < -0.4 is 5.73 Å². The Kier molecular flexibility index (Phi) is 3.48. The molecule has 1 unspecified atom stereocenters. The molecule has 1 atom stereocenters. The van der Waals surface area contributed by atoms with Crippen LogP contribution in [0.25, 0.3) is 0 Å². The lowest BCUT2D eigenvalue weighted by Gasteiger charge is -2.17. The summed E-state index contributed by atoms with van der Waals surface area (Å²) in [5, 5.41) is 0. The molecule has 0 bridgehead atoms. The van der Waals surface area contributed by atoms with Crippen molar-refractivity contribution >= 4 is 0 Å². The van der Waals surface area contributed by atoms with Crippen molar-refractivity contribution in [3.63, 3.8) is 0 Å². The molecule has 0 amide bonds. The molecule has 3 heteroatoms. The second kappa shape index (κ2) is 4.42. The van der Waals surface area contributed by atoms with Gasteiger partial charge in [-0.3, -0.25) is 0 Å². The molecule has 0 spiro atoms. The Morgan fingerprint density at radius 2 is 2.23 bits per heavy atom. The standard InChI is InChI=1S/C10H19N3/c1-4-10(5-6-11)13-7-12-8(2)9(13)3/h7,10H,4-6,11H2,1-3H3. The van der Waals surface area contributed by atoms with Gasteiger partial charge in [-0.2, -0.15) is 0 Å². The Bertz CT molecular complexity index is 265. The molecular formula is C10H19N3. The van der Waals surface area contributed by atoms with Gasteiger partial charge in [-0.1, -0.05) is 6.92 Å². The molecule has 2 N–H and O–H groups in total. The minimum absolute atomic E-state index is 0.520. The number of nitrogens with two attached hydrogens (primary N) is 1. The number of hydrogen-bond donors (Lipinski definition) is 1. The van der Waals surface area contributed by atoms with Gasteiger partial charge in [0.2, 0.25) is 0 Å². The van der Waals surface area contributed by atoms with Crippen LogP contribution in [-0.2, 0) is 0 Å². The van der Waals surface area contributed by atoms with Crippen molar-refractivity contribution in [2.45, 2.75) is 39.7 Å². The summed E-state index contributed by atoms with van der Waals surface area (Å²) in [4.78, 5) is 4.29. The maximum absolute atomic E-state index is 5.57. The van der Waals surface area contributed by atoms with Crippen molar-refractivity contribution in [1.82, 2.24) is 9.55 Å². The van der Waals surface area contributed by atoms with Crippen LogP contribution in [0.1, 0.15) is 37.2 Å². The maximum Gasteiger partial charge on any atom is 0.0954 e. The highest BCUT2D eigenvalue weighted by atomic mass is 15.1. The monoisotopic (exact) mass is 181 g/mol. The first kappa shape index (κ1) is 10.3. The minimum Gasteiger partial charge on any atom is -0.332 e. The quantitative estimate of drug-likeness (QED) is 0.769. The molecule has 0 radical (unpaired) electrons. The first-order valence-electron chi connectivity index (χ1n) is 4.90. The van der Waals surface area contributed by atoms with Gasteiger partial charge in [0.1, 0.15) is 0 Å². The van der Waals surface area contributed by atoms with Crippen LogP contribution >= 0.6 is 0 Å². The fourth-order valence-corrected chi connectivity index (χ4v) is 1.62. The number of imidazole rings is 1. The molecule has 1 rings (SSSR count). The van der Waals surface area contributed by atoms with E-state index in [2.05, 4.69) is 23.4 Å². The van der Waals surface area contributed by atoms with Crippen LogP contribution in [-0.4, -0.2) is 16.1 Å². The molecule has 0 aromatic carbocycles. The molecule has 0 aliphatic heterocycles. The molecule has 3 nitrogen and oxygen atoms in total. The van der Waals surface area contributed by atoms with Gasteiger partial charge in [0, 0.05) is 11.7 Å². The zero-order valence-corrected chi connectivity index (χ0v) is 8.75. The van der Waals surface area contributed by atoms with Gasteiger partial charge >= 0.3 is 0 Å². The molecule has 0 aliphatic carbocycles. The Balaban J connectivity index is 2.84. The van der Waals surface area contributed by atoms with E-state index in [-0.39, 0.29) is 0 Å². The first-order valence-corrected chi connectivity index (χ1v) is 4.90. The Morgan fingerprint density at radius 3 is 2.62 bits per heavy atom. The van der Waals surface area contributed by atoms with Gasteiger partial charge < -0.3 is 10.3 Å². The van der Waals surface area contributed by atoms with Crippen molar-refractivity contribution < 1.29 is 0 Å². The first-order chi connectivity index (χ1) is 6.20. The number of hydrogen-bond acceptors (Lipinski definition) is 2. The third-order valence-corrected chi connectivity index (χ3v) is 2.65. The fourth-order valence-electron chi connectivity index (χ4n) is 1.62. The molecule has 0 aliphatic rings. The second-order valence-corrected chi connectivity index (χ2v) is 3.46. The molecule has 1 aromatic heterocycles. The summed E-state index contributed by atoms with van der Waals surface area (Å²) in [6.45, 7) is 7.09. The lowest BCUT2D eigenvalue weighted by Crippen LogP contribution is -2.13. The maximum atomic E-state index is 5.57. The summed E-state index contributed by atoms with van der Waals surface area (Å²) >= 11 is 0. The smallest absolute Gasteiger partial charge is 0.0954 e. The largest absolute Gasteiger partial charge is 0.332 e. The lowest BCUT2D eigenvalue weighted by atomic mass is 10.1. The van der Waals surface area contributed by atoms with Crippen LogP contribution in [0.3, 0.4) is 0 Å². The van der Waals surface area contributed by atoms with Gasteiger partial charge in [-0.25, -0.2) is 4.98 Å². The summed E-state index contributed by atoms with van der Waals surface area (Å²) in [6, 6.07) is 0.520. The van der Waals surface area contributed by atoms with Crippen LogP contribution in [0, 0.1) is 13.8 Å². The van der Waals surface area contributed by atoms with Gasteiger partial charge in [-0.15, -0.1) is 0 Å². The highest BCUT2D eigenvalue weighted by Gasteiger charge is 2.10. The summed E-state index contributed by atoms with van der Waals surface area (Å²) < 4.78 is 2.24. The average molecular weight is 181 g/mol. The second-order valence-electron chi connectivity index (χ2n) is 3.46. The van der Waals surface area contributed by atoms with E-state index in [0.29, 0.717) is 6.04 Å². The fraction of sp³-hybridized carbons (Fsp3) is 0.700. The summed E-state index contributed by atoms with van der Waals surface area (Å²) in [7, 11) is 0. The highest BCUT2D eigenvalue weighted by molar-refractivity contribution is 5.09. The molecule has 0 saturated heterocycles. The van der Waals surface area contributed by atoms with E-state index in [1.54, 1.807) is 0 Å². The molecule has 13 heavy (non-hydrogen) atoms. The van der Waals surface area contributed by atoms with Crippen molar-refractivity contribution in [1.29, 1.82) is 0 Å². The third kappa shape index (κ3) is 2.10. The van der Waals surface area contributed by atoms with Crippen LogP contribution in [0.15, 0.2) is 6.33 Å². The molecule has 74 valence electrons. The molecule has 0 saturated carbocycles. The Labute approximate surface area is 80.0 Å². The van der Waals surface area contributed by atoms with Crippen molar-refractivity contribution in [2.24, 2.45) is 5.73 Å². The molecular weight excluding hydrogens is 162 g/mol. The van der Waals surface area contributed by atoms with Crippen LogP contribution in [0.2, 0.25) is 0 Å². The van der Waals surface area contributed by atoms with E-state index in [4.69, 9.17) is 5.73 Å². The van der Waals surface area contributed by atoms with Crippen molar-refractivity contribution in [3.05, 3.63) is 17.7 Å². The SMILES string of the molecule is CCC(CCN)n1cnc(C)c1C. The molecule has 1 aromatic rings. The zero-order valence-electron chi connectivity index (χ0n) is 8.75. The van der Waals surface area contributed by atoms with Crippen LogP contribution in [0.4, 0.5) is 0 Å². The Hall–Kier alpha value is -0.830. The van der Waals surface area contributed by atoms with Crippen molar-refractivity contribution in [2.75, 3.05) is 6.54 Å². The number of aromatic nitrogens is 2. The molecule has 0 fully saturated rings. The van der Waals surface area contributed by atoms with Gasteiger partial charge in [0.15, 0.2) is 0 Å². The van der Waals surface area contributed by atoms with Gasteiger partial charge in [0.05, 0.1) is 12.0 Å². The summed E-state index contributed by atoms with van der Waals surface area (Å²) in [6.07, 6.45) is 4.08. The number of aryl methyl sites for hydroxylation is 1. The molecule has 1 heterocycles. The van der Waals surface area contributed by atoms with E-state index in [1.807, 2.05) is 13.3 Å². The van der Waals surface area contributed by atoms with E-state index >= 15 is 0 Å². The lowest BCUT2D eigenvalue weighted by molar-refractivity contribution is 0.450. The number of nitrogens with zero attached hydrogens (tertiary/aromatic N) is 2.